The monoisotopic (exact) mass is 252 g/mol. The van der Waals surface area contributed by atoms with Crippen LogP contribution in [0.2, 0.25) is 0 Å². The number of benzene rings is 1. The van der Waals surface area contributed by atoms with Gasteiger partial charge in [0.1, 0.15) is 5.56 Å². The van der Waals surface area contributed by atoms with Crippen molar-refractivity contribution in [1.82, 2.24) is 0 Å². The standard InChI is InChI=1S/C10H8F4O3/c1-2-3-17-10(16)4-5(11)7(13)9(15)8(14)6(4)12/h15H,2-3H2,1H3. The minimum atomic E-state index is -2.03. The second-order valence-electron chi connectivity index (χ2n) is 3.12. The third kappa shape index (κ3) is 2.32. The van der Waals surface area contributed by atoms with Crippen molar-refractivity contribution in [1.29, 1.82) is 0 Å². The van der Waals surface area contributed by atoms with Crippen LogP contribution in [-0.2, 0) is 4.74 Å². The van der Waals surface area contributed by atoms with E-state index in [1.54, 1.807) is 6.92 Å². The number of aromatic hydroxyl groups is 1. The molecule has 0 atom stereocenters. The van der Waals surface area contributed by atoms with E-state index in [1.165, 1.54) is 0 Å². The number of esters is 1. The Morgan fingerprint density at radius 1 is 1.12 bits per heavy atom. The first-order valence-electron chi connectivity index (χ1n) is 4.63. The maximum atomic E-state index is 13.1. The molecule has 0 amide bonds. The number of carbonyl (C=O) groups excluding carboxylic acids is 1. The second-order valence-corrected chi connectivity index (χ2v) is 3.12. The number of ether oxygens (including phenoxy) is 1. The highest BCUT2D eigenvalue weighted by Crippen LogP contribution is 2.29. The van der Waals surface area contributed by atoms with Crippen molar-refractivity contribution in [3.63, 3.8) is 0 Å². The highest BCUT2D eigenvalue weighted by atomic mass is 19.2. The van der Waals surface area contributed by atoms with Gasteiger partial charge < -0.3 is 9.84 Å². The van der Waals surface area contributed by atoms with E-state index in [4.69, 9.17) is 5.11 Å². The summed E-state index contributed by atoms with van der Waals surface area (Å²) in [6, 6.07) is 0. The fourth-order valence-electron chi connectivity index (χ4n) is 1.07. The lowest BCUT2D eigenvalue weighted by atomic mass is 10.1. The topological polar surface area (TPSA) is 46.5 Å². The van der Waals surface area contributed by atoms with Crippen molar-refractivity contribution in [2.24, 2.45) is 0 Å². The summed E-state index contributed by atoms with van der Waals surface area (Å²) in [5.74, 6) is -11.4. The van der Waals surface area contributed by atoms with E-state index in [-0.39, 0.29) is 6.61 Å². The Labute approximate surface area is 93.6 Å². The molecule has 0 unspecified atom stereocenters. The molecule has 3 nitrogen and oxygen atoms in total. The Hall–Kier alpha value is -1.79. The number of phenols is 1. The molecule has 0 heterocycles. The third-order valence-corrected chi connectivity index (χ3v) is 1.88. The minimum Gasteiger partial charge on any atom is -0.503 e. The van der Waals surface area contributed by atoms with Gasteiger partial charge in [-0.25, -0.2) is 13.6 Å². The average Bonchev–Trinajstić information content (AvgIpc) is 2.31. The molecule has 0 saturated heterocycles. The third-order valence-electron chi connectivity index (χ3n) is 1.88. The van der Waals surface area contributed by atoms with E-state index in [2.05, 4.69) is 4.74 Å². The average molecular weight is 252 g/mol. The number of halogens is 4. The van der Waals surface area contributed by atoms with Crippen LogP contribution in [0.4, 0.5) is 17.6 Å². The first-order valence-corrected chi connectivity index (χ1v) is 4.63. The molecule has 0 bridgehead atoms. The summed E-state index contributed by atoms with van der Waals surface area (Å²) in [6.45, 7) is 1.47. The SMILES string of the molecule is CCCOC(=O)c1c(F)c(F)c(O)c(F)c1F. The molecule has 7 heteroatoms. The zero-order valence-electron chi connectivity index (χ0n) is 8.69. The van der Waals surface area contributed by atoms with Crippen molar-refractivity contribution in [2.45, 2.75) is 13.3 Å². The molecule has 0 aromatic heterocycles. The van der Waals surface area contributed by atoms with Crippen molar-refractivity contribution >= 4 is 5.97 Å². The molecular formula is C10H8F4O3. The Balaban J connectivity index is 3.29. The van der Waals surface area contributed by atoms with Crippen molar-refractivity contribution in [2.75, 3.05) is 6.61 Å². The summed E-state index contributed by atoms with van der Waals surface area (Å²) in [6.07, 6.45) is 0.373. The zero-order chi connectivity index (χ0) is 13.2. The normalized spacial score (nSPS) is 10.4. The van der Waals surface area contributed by atoms with E-state index in [9.17, 15) is 22.4 Å². The Bertz CT molecular complexity index is 430. The van der Waals surface area contributed by atoms with E-state index in [1.807, 2.05) is 0 Å². The van der Waals surface area contributed by atoms with Gasteiger partial charge in [0, 0.05) is 0 Å². The van der Waals surface area contributed by atoms with Gasteiger partial charge in [0.05, 0.1) is 6.61 Å². The summed E-state index contributed by atoms with van der Waals surface area (Å²) in [5, 5.41) is 8.67. The number of rotatable bonds is 3. The molecule has 0 spiro atoms. The summed E-state index contributed by atoms with van der Waals surface area (Å²) >= 11 is 0. The van der Waals surface area contributed by atoms with Crippen LogP contribution < -0.4 is 0 Å². The summed E-state index contributed by atoms with van der Waals surface area (Å²) < 4.78 is 56.4. The van der Waals surface area contributed by atoms with E-state index in [0.29, 0.717) is 6.42 Å². The molecule has 0 aliphatic carbocycles. The Kier molecular flexibility index (Phi) is 3.93. The lowest BCUT2D eigenvalue weighted by Gasteiger charge is -2.08. The summed E-state index contributed by atoms with van der Waals surface area (Å²) in [4.78, 5) is 11.1. The van der Waals surface area contributed by atoms with Crippen LogP contribution in [0.15, 0.2) is 0 Å². The van der Waals surface area contributed by atoms with Gasteiger partial charge in [0.15, 0.2) is 17.4 Å². The van der Waals surface area contributed by atoms with Crippen LogP contribution in [0.1, 0.15) is 23.7 Å². The van der Waals surface area contributed by atoms with Crippen LogP contribution in [0.3, 0.4) is 0 Å². The van der Waals surface area contributed by atoms with Crippen LogP contribution >= 0.6 is 0 Å². The molecule has 0 saturated carbocycles. The number of hydrogen-bond donors (Lipinski definition) is 1. The smallest absolute Gasteiger partial charge is 0.344 e. The lowest BCUT2D eigenvalue weighted by Crippen LogP contribution is -2.14. The predicted octanol–water partition coefficient (Wildman–Crippen LogP) is 2.52. The highest BCUT2D eigenvalue weighted by Gasteiger charge is 2.30. The molecular weight excluding hydrogens is 244 g/mol. The fourth-order valence-corrected chi connectivity index (χ4v) is 1.07. The van der Waals surface area contributed by atoms with Crippen LogP contribution in [0.25, 0.3) is 0 Å². The molecule has 0 aliphatic rings. The van der Waals surface area contributed by atoms with Crippen molar-refractivity contribution < 1.29 is 32.2 Å². The van der Waals surface area contributed by atoms with Crippen LogP contribution in [-0.4, -0.2) is 17.7 Å². The Morgan fingerprint density at radius 3 is 2.00 bits per heavy atom. The van der Waals surface area contributed by atoms with E-state index in [0.717, 1.165) is 0 Å². The van der Waals surface area contributed by atoms with Gasteiger partial charge in [0.25, 0.3) is 0 Å². The van der Waals surface area contributed by atoms with Gasteiger partial charge >= 0.3 is 5.97 Å². The lowest BCUT2D eigenvalue weighted by molar-refractivity contribution is 0.0490. The zero-order valence-corrected chi connectivity index (χ0v) is 8.69. The van der Waals surface area contributed by atoms with Crippen molar-refractivity contribution in [3.8, 4) is 5.75 Å². The Morgan fingerprint density at radius 2 is 1.59 bits per heavy atom. The van der Waals surface area contributed by atoms with Gasteiger partial charge in [-0.15, -0.1) is 0 Å². The molecule has 1 aromatic carbocycles. The largest absolute Gasteiger partial charge is 0.503 e. The predicted molar refractivity (Wildman–Crippen MR) is 48.5 cm³/mol. The second kappa shape index (κ2) is 5.03. The molecule has 1 aromatic rings. The molecule has 1 rings (SSSR count). The molecule has 0 aliphatic heterocycles. The van der Waals surface area contributed by atoms with Gasteiger partial charge in [-0.1, -0.05) is 6.92 Å². The number of carbonyl (C=O) groups is 1. The number of phenolic OH excluding ortho intramolecular Hbond substituents is 1. The summed E-state index contributed by atoms with van der Waals surface area (Å²) in [5.41, 5.74) is -1.49. The van der Waals surface area contributed by atoms with Gasteiger partial charge in [-0.05, 0) is 6.42 Å². The highest BCUT2D eigenvalue weighted by molar-refractivity contribution is 5.90. The fraction of sp³-hybridized carbons (Fsp3) is 0.300. The van der Waals surface area contributed by atoms with Crippen LogP contribution in [0.5, 0.6) is 5.75 Å². The number of hydrogen-bond acceptors (Lipinski definition) is 3. The molecule has 1 N–H and O–H groups in total. The maximum absolute atomic E-state index is 13.1. The quantitative estimate of drug-likeness (QED) is 0.510. The first kappa shape index (κ1) is 13.3. The molecule has 0 fully saturated rings. The molecule has 94 valence electrons. The molecule has 17 heavy (non-hydrogen) atoms. The van der Waals surface area contributed by atoms with E-state index >= 15 is 0 Å². The van der Waals surface area contributed by atoms with Crippen LogP contribution in [0, 0.1) is 23.3 Å². The maximum Gasteiger partial charge on any atom is 0.344 e. The van der Waals surface area contributed by atoms with Gasteiger partial charge in [-0.2, -0.15) is 8.78 Å². The van der Waals surface area contributed by atoms with E-state index < -0.39 is 40.6 Å². The van der Waals surface area contributed by atoms with Gasteiger partial charge in [-0.3, -0.25) is 0 Å². The first-order chi connectivity index (χ1) is 7.91. The minimum absolute atomic E-state index is 0.151. The van der Waals surface area contributed by atoms with Crippen molar-refractivity contribution in [3.05, 3.63) is 28.8 Å². The van der Waals surface area contributed by atoms with Gasteiger partial charge in [0.2, 0.25) is 11.6 Å². The molecule has 0 radical (unpaired) electrons. The summed E-state index contributed by atoms with van der Waals surface area (Å²) in [7, 11) is 0.